The predicted octanol–water partition coefficient (Wildman–Crippen LogP) is 8.54. The van der Waals surface area contributed by atoms with Crippen LogP contribution in [0.5, 0.6) is 0 Å². The molecule has 0 aromatic heterocycles. The van der Waals surface area contributed by atoms with Gasteiger partial charge in [0.2, 0.25) is 5.69 Å². The Morgan fingerprint density at radius 1 is 0.320 bits per heavy atom. The summed E-state index contributed by atoms with van der Waals surface area (Å²) in [5, 5.41) is 9.74. The van der Waals surface area contributed by atoms with Crippen LogP contribution in [0.25, 0.3) is 10.8 Å². The lowest BCUT2D eigenvalue weighted by atomic mass is 10.1. The molecule has 0 heterocycles. The zero-order valence-corrected chi connectivity index (χ0v) is 29.4. The number of hydrogen-bond donors (Lipinski definition) is 1. The minimum atomic E-state index is -2.52. The summed E-state index contributed by atoms with van der Waals surface area (Å²) in [6, 6.07) is 78.6. The van der Waals surface area contributed by atoms with Crippen molar-refractivity contribution in [3.8, 4) is 0 Å². The van der Waals surface area contributed by atoms with Gasteiger partial charge in [-0.3, -0.25) is 4.74 Å². The molecule has 50 heavy (non-hydrogen) atoms. The van der Waals surface area contributed by atoms with E-state index in [-0.39, 0.29) is 0 Å². The second-order valence-corrected chi connectivity index (χ2v) is 18.3. The number of fused-ring (bicyclic) bond motifs is 1. The Morgan fingerprint density at radius 2 is 0.660 bits per heavy atom. The summed E-state index contributed by atoms with van der Waals surface area (Å²) < 4.78 is 10.3. The summed E-state index contributed by atoms with van der Waals surface area (Å²) in [6.07, 6.45) is 0. The first kappa shape index (κ1) is 31.7. The molecule has 0 spiro atoms. The highest BCUT2D eigenvalue weighted by atomic mass is 31.2. The first-order valence-electron chi connectivity index (χ1n) is 16.9. The molecule has 240 valence electrons. The third-order valence-corrected chi connectivity index (χ3v) is 16.7. The van der Waals surface area contributed by atoms with E-state index in [1.54, 1.807) is 0 Å². The summed E-state index contributed by atoms with van der Waals surface area (Å²) in [4.78, 5) is 0. The summed E-state index contributed by atoms with van der Waals surface area (Å²) in [5.41, 5.74) is 2.04. The smallest absolute Gasteiger partial charge is 0.209 e. The second kappa shape index (κ2) is 14.1. The van der Waals surface area contributed by atoms with Crippen molar-refractivity contribution in [2.45, 2.75) is 0 Å². The fourth-order valence-electron chi connectivity index (χ4n) is 6.99. The molecule has 0 saturated heterocycles. The van der Waals surface area contributed by atoms with E-state index in [1.807, 2.05) is 0 Å². The summed E-state index contributed by atoms with van der Waals surface area (Å²) in [6.45, 7) is 0. The maximum Gasteiger partial charge on any atom is 0.209 e. The SMILES string of the molecule is c1ccc(P(=Nc2cccc3cccc([NH+]=P(c4ccccc4)(c4ccccc4)c4ccccc4)c23)(c2ccccc2)c2ccccc2)cc1. The van der Waals surface area contributed by atoms with Gasteiger partial charge in [-0.15, -0.1) is 0 Å². The van der Waals surface area contributed by atoms with Crippen LogP contribution in [0.4, 0.5) is 11.4 Å². The molecule has 0 bridgehead atoms. The molecule has 0 unspecified atom stereocenters. The van der Waals surface area contributed by atoms with Crippen LogP contribution in [-0.4, -0.2) is 0 Å². The van der Waals surface area contributed by atoms with Crippen LogP contribution in [0.2, 0.25) is 0 Å². The van der Waals surface area contributed by atoms with Gasteiger partial charge in [0.15, 0.2) is 7.05 Å². The first-order valence-corrected chi connectivity index (χ1v) is 20.5. The minimum absolute atomic E-state index is 0.975. The van der Waals surface area contributed by atoms with Crippen LogP contribution in [0.3, 0.4) is 0 Å². The standard InChI is InChI=1S/C46H36N2P2/c1-7-23-38(24-8-1)49(39-25-9-2-10-26-39,40-27-11-3-12-28-40)47-44-35-19-21-37-22-20-36-45(46(37)44)48-50(41-29-13-4-14-30-41,42-31-15-5-16-32-42)43-33-17-6-18-34-43/h1-36H/p+1. The van der Waals surface area contributed by atoms with Crippen molar-refractivity contribution in [1.29, 1.82) is 0 Å². The Hall–Kier alpha value is -5.52. The van der Waals surface area contributed by atoms with Gasteiger partial charge in [-0.25, -0.2) is 4.74 Å². The van der Waals surface area contributed by atoms with Gasteiger partial charge in [0.1, 0.15) is 0 Å². The number of hydrogen-bond acceptors (Lipinski definition) is 1. The fourth-order valence-corrected chi connectivity index (χ4v) is 14.2. The Labute approximate surface area is 294 Å². The molecule has 0 radical (unpaired) electrons. The normalized spacial score (nSPS) is 11.6. The third-order valence-electron chi connectivity index (χ3n) is 9.25. The van der Waals surface area contributed by atoms with Gasteiger partial charge in [0.05, 0.1) is 18.1 Å². The van der Waals surface area contributed by atoms with E-state index in [1.165, 1.54) is 31.8 Å². The Kier molecular flexibility index (Phi) is 8.98. The highest BCUT2D eigenvalue weighted by Crippen LogP contribution is 2.51. The van der Waals surface area contributed by atoms with E-state index in [4.69, 9.17) is 4.74 Å². The summed E-state index contributed by atoms with van der Waals surface area (Å²) >= 11 is 0. The lowest BCUT2D eigenvalue weighted by Gasteiger charge is -2.27. The minimum Gasteiger partial charge on any atom is -0.253 e. The zero-order valence-electron chi connectivity index (χ0n) is 27.6. The van der Waals surface area contributed by atoms with E-state index < -0.39 is 14.1 Å². The van der Waals surface area contributed by atoms with Crippen molar-refractivity contribution in [2.24, 2.45) is 4.74 Å². The van der Waals surface area contributed by atoms with Crippen LogP contribution in [0.15, 0.2) is 223 Å². The van der Waals surface area contributed by atoms with E-state index in [9.17, 15) is 0 Å². The monoisotopic (exact) mass is 679 g/mol. The van der Waals surface area contributed by atoms with Gasteiger partial charge in [-0.05, 0) is 47.9 Å². The lowest BCUT2D eigenvalue weighted by molar-refractivity contribution is -0.324. The molecule has 0 fully saturated rings. The molecule has 4 heteroatoms. The highest BCUT2D eigenvalue weighted by molar-refractivity contribution is 7.87. The quantitative estimate of drug-likeness (QED) is 0.156. The van der Waals surface area contributed by atoms with E-state index in [0.717, 1.165) is 22.1 Å². The van der Waals surface area contributed by atoms with Crippen molar-refractivity contribution >= 4 is 68.1 Å². The average Bonchev–Trinajstić information content (AvgIpc) is 3.21. The third kappa shape index (κ3) is 5.78. The number of nitrogens with one attached hydrogen (secondary N) is 1. The van der Waals surface area contributed by atoms with Crippen molar-refractivity contribution in [3.63, 3.8) is 0 Å². The molecular weight excluding hydrogens is 642 g/mol. The van der Waals surface area contributed by atoms with Gasteiger partial charge < -0.3 is 0 Å². The van der Waals surface area contributed by atoms with Crippen LogP contribution >= 0.6 is 14.1 Å². The summed E-state index contributed by atoms with van der Waals surface area (Å²) in [5.74, 6) is 0. The molecule has 2 nitrogen and oxygen atoms in total. The molecule has 0 amide bonds. The molecule has 8 aromatic rings. The van der Waals surface area contributed by atoms with Crippen LogP contribution in [0.1, 0.15) is 0 Å². The Bertz CT molecular complexity index is 2090. The average molecular weight is 680 g/mol. The molecular formula is C46H37N2P2+. The first-order chi connectivity index (χ1) is 24.8. The molecule has 8 aromatic carbocycles. The molecule has 0 aliphatic heterocycles. The highest BCUT2D eigenvalue weighted by Gasteiger charge is 2.34. The molecule has 8 rings (SSSR count). The molecule has 1 N–H and O–H groups in total. The maximum absolute atomic E-state index is 6.02. The van der Waals surface area contributed by atoms with Gasteiger partial charge in [0, 0.05) is 37.9 Å². The molecule has 0 saturated carbocycles. The van der Waals surface area contributed by atoms with Crippen molar-refractivity contribution in [3.05, 3.63) is 218 Å². The van der Waals surface area contributed by atoms with Gasteiger partial charge in [-0.1, -0.05) is 170 Å². The predicted molar refractivity (Wildman–Crippen MR) is 217 cm³/mol. The number of benzene rings is 8. The molecule has 0 aliphatic carbocycles. The van der Waals surface area contributed by atoms with E-state index in [0.29, 0.717) is 0 Å². The Balaban J connectivity index is 1.53. The number of nitrogens with zero attached hydrogens (tertiary/aromatic N) is 1. The molecule has 0 aliphatic rings. The van der Waals surface area contributed by atoms with Gasteiger partial charge in [0.25, 0.3) is 0 Å². The number of rotatable bonds is 8. The van der Waals surface area contributed by atoms with Gasteiger partial charge >= 0.3 is 0 Å². The fraction of sp³-hybridized carbons (Fsp3) is 0. The maximum atomic E-state index is 6.02. The zero-order chi connectivity index (χ0) is 33.6. The van der Waals surface area contributed by atoms with Gasteiger partial charge in [-0.2, -0.15) is 0 Å². The van der Waals surface area contributed by atoms with E-state index in [2.05, 4.69) is 223 Å². The summed E-state index contributed by atoms with van der Waals surface area (Å²) in [7, 11) is -4.93. The second-order valence-electron chi connectivity index (χ2n) is 12.2. The van der Waals surface area contributed by atoms with Crippen molar-refractivity contribution in [2.75, 3.05) is 0 Å². The van der Waals surface area contributed by atoms with Crippen LogP contribution in [0, 0.1) is 0 Å². The Morgan fingerprint density at radius 3 is 1.04 bits per heavy atom. The van der Waals surface area contributed by atoms with Crippen molar-refractivity contribution in [1.82, 2.24) is 0 Å². The largest absolute Gasteiger partial charge is 0.253 e. The van der Waals surface area contributed by atoms with E-state index >= 15 is 0 Å². The van der Waals surface area contributed by atoms with Crippen molar-refractivity contribution < 1.29 is 4.74 Å². The van der Waals surface area contributed by atoms with Crippen LogP contribution < -0.4 is 36.6 Å². The molecule has 0 atom stereocenters. The topological polar surface area (TPSA) is 26.3 Å². The lowest BCUT2D eigenvalue weighted by Crippen LogP contribution is -2.65. The van der Waals surface area contributed by atoms with Crippen LogP contribution in [-0.2, 0) is 0 Å².